The summed E-state index contributed by atoms with van der Waals surface area (Å²) in [6, 6.07) is 11.4. The Bertz CT molecular complexity index is 958. The summed E-state index contributed by atoms with van der Waals surface area (Å²) < 4.78 is 7.30. The van der Waals surface area contributed by atoms with Gasteiger partial charge in [0.1, 0.15) is 17.6 Å². The van der Waals surface area contributed by atoms with E-state index >= 15 is 0 Å². The van der Waals surface area contributed by atoms with Crippen LogP contribution in [0.25, 0.3) is 0 Å². The van der Waals surface area contributed by atoms with Gasteiger partial charge in [-0.2, -0.15) is 0 Å². The lowest BCUT2D eigenvalue weighted by Crippen LogP contribution is -2.34. The predicted octanol–water partition coefficient (Wildman–Crippen LogP) is 4.65. The summed E-state index contributed by atoms with van der Waals surface area (Å²) in [6.45, 7) is 0. The quantitative estimate of drug-likeness (QED) is 0.650. The fourth-order valence-electron chi connectivity index (χ4n) is 2.71. The molecule has 3 aromatic rings. The number of urea groups is 1. The Labute approximate surface area is 167 Å². The standard InChI is InChI=1S/C19H18Cl2N4O2/c1-25-10-9-22-18(25)17(13-5-3-4-6-16(13)27-2)24-19(26)23-12-7-8-14(20)15(21)11-12/h3-11,17H,1-2H3,(H2,23,24,26)/t17-/m0/s1. The first-order valence-corrected chi connectivity index (χ1v) is 8.88. The minimum absolute atomic E-state index is 0.361. The normalized spacial score (nSPS) is 11.7. The van der Waals surface area contributed by atoms with Crippen LogP contribution in [0.4, 0.5) is 10.5 Å². The first-order chi connectivity index (χ1) is 13.0. The summed E-state index contributed by atoms with van der Waals surface area (Å²) in [6.07, 6.45) is 3.49. The van der Waals surface area contributed by atoms with Gasteiger partial charge in [0.2, 0.25) is 0 Å². The number of carbonyl (C=O) groups is 1. The van der Waals surface area contributed by atoms with Crippen LogP contribution in [0.5, 0.6) is 5.75 Å². The molecule has 27 heavy (non-hydrogen) atoms. The summed E-state index contributed by atoms with van der Waals surface area (Å²) in [5, 5.41) is 6.48. The summed E-state index contributed by atoms with van der Waals surface area (Å²) in [7, 11) is 3.45. The van der Waals surface area contributed by atoms with Crippen molar-refractivity contribution in [3.05, 3.63) is 76.3 Å². The molecule has 2 aromatic carbocycles. The lowest BCUT2D eigenvalue weighted by molar-refractivity contribution is 0.249. The molecule has 6 nitrogen and oxygen atoms in total. The molecule has 0 saturated heterocycles. The van der Waals surface area contributed by atoms with Crippen LogP contribution >= 0.6 is 23.2 Å². The highest BCUT2D eigenvalue weighted by Crippen LogP contribution is 2.29. The van der Waals surface area contributed by atoms with Gasteiger partial charge in [-0.05, 0) is 24.3 Å². The molecule has 0 unspecified atom stereocenters. The van der Waals surface area contributed by atoms with E-state index < -0.39 is 12.1 Å². The maximum Gasteiger partial charge on any atom is 0.320 e. The number of hydrogen-bond acceptors (Lipinski definition) is 3. The van der Waals surface area contributed by atoms with E-state index in [1.54, 1.807) is 31.5 Å². The molecule has 0 aliphatic rings. The second-order valence-corrected chi connectivity index (χ2v) is 6.61. The van der Waals surface area contributed by atoms with Gasteiger partial charge in [0, 0.05) is 30.7 Å². The molecule has 2 N–H and O–H groups in total. The number of hydrogen-bond donors (Lipinski definition) is 2. The molecule has 0 aliphatic heterocycles. The Hall–Kier alpha value is -2.70. The highest BCUT2D eigenvalue weighted by atomic mass is 35.5. The SMILES string of the molecule is COc1ccccc1[C@H](NC(=O)Nc1ccc(Cl)c(Cl)c1)c1nccn1C. The van der Waals surface area contributed by atoms with E-state index in [1.165, 1.54) is 0 Å². The summed E-state index contributed by atoms with van der Waals surface area (Å²) in [5.74, 6) is 1.32. The number of methoxy groups -OCH3 is 1. The monoisotopic (exact) mass is 404 g/mol. The fraction of sp³-hybridized carbons (Fsp3) is 0.158. The van der Waals surface area contributed by atoms with Gasteiger partial charge in [0.25, 0.3) is 0 Å². The van der Waals surface area contributed by atoms with Crippen molar-refractivity contribution < 1.29 is 9.53 Å². The smallest absolute Gasteiger partial charge is 0.320 e. The maximum atomic E-state index is 12.6. The van der Waals surface area contributed by atoms with Crippen molar-refractivity contribution in [2.24, 2.45) is 7.05 Å². The number of nitrogens with zero attached hydrogens (tertiary/aromatic N) is 2. The number of aromatic nitrogens is 2. The van der Waals surface area contributed by atoms with Gasteiger partial charge in [-0.15, -0.1) is 0 Å². The number of para-hydroxylation sites is 1. The lowest BCUT2D eigenvalue weighted by atomic mass is 10.0. The molecule has 2 amide bonds. The summed E-state index contributed by atoms with van der Waals surface area (Å²) >= 11 is 11.9. The highest BCUT2D eigenvalue weighted by Gasteiger charge is 2.23. The first-order valence-electron chi connectivity index (χ1n) is 8.12. The van der Waals surface area contributed by atoms with Gasteiger partial charge in [-0.3, -0.25) is 0 Å². The van der Waals surface area contributed by atoms with Crippen molar-refractivity contribution in [3.8, 4) is 5.75 Å². The maximum absolute atomic E-state index is 12.6. The Morgan fingerprint density at radius 3 is 2.63 bits per heavy atom. The Kier molecular flexibility index (Phi) is 5.88. The average molecular weight is 405 g/mol. The Morgan fingerprint density at radius 2 is 1.96 bits per heavy atom. The van der Waals surface area contributed by atoms with Gasteiger partial charge in [0.15, 0.2) is 0 Å². The van der Waals surface area contributed by atoms with Crippen LogP contribution in [0.1, 0.15) is 17.4 Å². The summed E-state index contributed by atoms with van der Waals surface area (Å²) in [4.78, 5) is 17.0. The van der Waals surface area contributed by atoms with E-state index in [-0.39, 0.29) is 0 Å². The lowest BCUT2D eigenvalue weighted by Gasteiger charge is -2.21. The van der Waals surface area contributed by atoms with E-state index in [9.17, 15) is 4.79 Å². The summed E-state index contributed by atoms with van der Waals surface area (Å²) in [5.41, 5.74) is 1.32. The Balaban J connectivity index is 1.88. The molecular formula is C19H18Cl2N4O2. The van der Waals surface area contributed by atoms with Gasteiger partial charge >= 0.3 is 6.03 Å². The van der Waals surface area contributed by atoms with Gasteiger partial charge in [-0.25, -0.2) is 9.78 Å². The third-order valence-corrected chi connectivity index (χ3v) is 4.76. The molecule has 3 rings (SSSR count). The largest absolute Gasteiger partial charge is 0.496 e. The van der Waals surface area contributed by atoms with Crippen LogP contribution in [-0.2, 0) is 7.05 Å². The van der Waals surface area contributed by atoms with Crippen LogP contribution in [0.15, 0.2) is 54.9 Å². The molecule has 0 fully saturated rings. The van der Waals surface area contributed by atoms with E-state index in [0.717, 1.165) is 5.56 Å². The van der Waals surface area contributed by atoms with Crippen molar-refractivity contribution in [2.75, 3.05) is 12.4 Å². The van der Waals surface area contributed by atoms with Gasteiger partial charge < -0.3 is 19.9 Å². The van der Waals surface area contributed by atoms with E-state index in [0.29, 0.717) is 27.3 Å². The molecule has 1 atom stereocenters. The van der Waals surface area contributed by atoms with Gasteiger partial charge in [-0.1, -0.05) is 41.4 Å². The number of anilines is 1. The molecule has 0 aliphatic carbocycles. The number of rotatable bonds is 5. The van der Waals surface area contributed by atoms with Crippen molar-refractivity contribution >= 4 is 34.9 Å². The van der Waals surface area contributed by atoms with Crippen LogP contribution in [0.2, 0.25) is 10.0 Å². The van der Waals surface area contributed by atoms with Crippen LogP contribution in [0.3, 0.4) is 0 Å². The number of nitrogens with one attached hydrogen (secondary N) is 2. The van der Waals surface area contributed by atoms with Crippen molar-refractivity contribution in [3.63, 3.8) is 0 Å². The number of halogens is 2. The zero-order chi connectivity index (χ0) is 19.4. The van der Waals surface area contributed by atoms with Crippen molar-refractivity contribution in [1.82, 2.24) is 14.9 Å². The number of ether oxygens (including phenoxy) is 1. The fourth-order valence-corrected chi connectivity index (χ4v) is 3.01. The van der Waals surface area contributed by atoms with Gasteiger partial charge in [0.05, 0.1) is 17.2 Å². The molecule has 0 saturated carbocycles. The molecule has 0 radical (unpaired) electrons. The van der Waals surface area contributed by atoms with Crippen LogP contribution < -0.4 is 15.4 Å². The van der Waals surface area contributed by atoms with E-state index in [1.807, 2.05) is 42.1 Å². The van der Waals surface area contributed by atoms with Crippen LogP contribution in [0, 0.1) is 0 Å². The minimum atomic E-state index is -0.510. The molecule has 140 valence electrons. The third-order valence-electron chi connectivity index (χ3n) is 4.02. The average Bonchev–Trinajstić information content (AvgIpc) is 3.08. The number of amides is 2. The van der Waals surface area contributed by atoms with E-state index in [4.69, 9.17) is 27.9 Å². The highest BCUT2D eigenvalue weighted by molar-refractivity contribution is 6.42. The zero-order valence-electron chi connectivity index (χ0n) is 14.7. The first kappa shape index (κ1) is 19.1. The predicted molar refractivity (Wildman–Crippen MR) is 107 cm³/mol. The molecule has 8 heteroatoms. The number of benzene rings is 2. The second kappa shape index (κ2) is 8.33. The molecule has 0 bridgehead atoms. The van der Waals surface area contributed by atoms with E-state index in [2.05, 4.69) is 15.6 Å². The topological polar surface area (TPSA) is 68.2 Å². The number of carbonyl (C=O) groups excluding carboxylic acids is 1. The molecule has 1 aromatic heterocycles. The molecule has 0 spiro atoms. The molecule has 1 heterocycles. The van der Waals surface area contributed by atoms with Crippen molar-refractivity contribution in [1.29, 1.82) is 0 Å². The second-order valence-electron chi connectivity index (χ2n) is 5.80. The van der Waals surface area contributed by atoms with Crippen LogP contribution in [-0.4, -0.2) is 22.7 Å². The number of aryl methyl sites for hydroxylation is 1. The molecular weight excluding hydrogens is 387 g/mol. The Morgan fingerprint density at radius 1 is 1.19 bits per heavy atom. The third kappa shape index (κ3) is 4.35. The van der Waals surface area contributed by atoms with Crippen molar-refractivity contribution in [2.45, 2.75) is 6.04 Å². The number of imidazole rings is 1. The minimum Gasteiger partial charge on any atom is -0.496 e. The zero-order valence-corrected chi connectivity index (χ0v) is 16.3.